The number of rotatable bonds is 5. The summed E-state index contributed by atoms with van der Waals surface area (Å²) in [5, 5.41) is 0. The fourth-order valence-corrected chi connectivity index (χ4v) is 3.56. The minimum Gasteiger partial charge on any atom is -0.598 e. The van der Waals surface area contributed by atoms with E-state index in [4.69, 9.17) is 0 Å². The van der Waals surface area contributed by atoms with Gasteiger partial charge in [0.05, 0.1) is 5.69 Å². The number of halogens is 2. The molecule has 0 saturated carbocycles. The van der Waals surface area contributed by atoms with Crippen LogP contribution in [0.25, 0.3) is 0 Å². The highest BCUT2D eigenvalue weighted by atomic mass is 79.9. The van der Waals surface area contributed by atoms with Gasteiger partial charge in [-0.3, -0.25) is 0 Å². The fourth-order valence-electron chi connectivity index (χ4n) is 2.32. The van der Waals surface area contributed by atoms with Crippen LogP contribution in [0.1, 0.15) is 63.4 Å². The highest BCUT2D eigenvalue weighted by molar-refractivity contribution is 9.10. The second-order valence-corrected chi connectivity index (χ2v) is 10.2. The van der Waals surface area contributed by atoms with E-state index in [2.05, 4.69) is 25.6 Å². The smallest absolute Gasteiger partial charge is 0.216 e. The Kier molecular flexibility index (Phi) is 6.65. The first-order valence-electron chi connectivity index (χ1n) is 8.19. The number of nitrogens with zero attached hydrogens (tertiary/aromatic N) is 1. The Bertz CT molecular complexity index is 734. The highest BCUT2D eigenvalue weighted by Gasteiger charge is 2.31. The van der Waals surface area contributed by atoms with E-state index in [0.717, 1.165) is 10.0 Å². The number of nitrogens with one attached hydrogen (secondary N) is 1. The van der Waals surface area contributed by atoms with Gasteiger partial charge in [-0.05, 0) is 50.5 Å². The number of benzene rings is 1. The molecule has 0 saturated heterocycles. The van der Waals surface area contributed by atoms with Crippen LogP contribution in [-0.4, -0.2) is 14.3 Å². The molecule has 0 aliphatic heterocycles. The van der Waals surface area contributed by atoms with Gasteiger partial charge >= 0.3 is 0 Å². The standard InChI is InChI=1S/C19H24BrFN2OS/c1-12(2)15-9-10-16(22-18(15)21)17(23-25(24)19(3,4)5)13-7-6-8-14(20)11-13/h6-12,17,23H,1-5H3/t17-,25?/m0/s1. The molecular weight excluding hydrogens is 403 g/mol. The summed E-state index contributed by atoms with van der Waals surface area (Å²) in [5.74, 6) is -0.418. The molecule has 0 spiro atoms. The van der Waals surface area contributed by atoms with E-state index in [0.29, 0.717) is 11.3 Å². The Morgan fingerprint density at radius 1 is 1.20 bits per heavy atom. The van der Waals surface area contributed by atoms with Gasteiger partial charge in [-0.1, -0.05) is 48.0 Å². The molecule has 136 valence electrons. The number of aromatic nitrogens is 1. The van der Waals surface area contributed by atoms with Crippen molar-refractivity contribution in [2.24, 2.45) is 0 Å². The van der Waals surface area contributed by atoms with Crippen molar-refractivity contribution in [1.29, 1.82) is 0 Å². The first kappa shape index (κ1) is 20.4. The van der Waals surface area contributed by atoms with E-state index < -0.39 is 28.1 Å². The van der Waals surface area contributed by atoms with Crippen molar-refractivity contribution < 1.29 is 8.94 Å². The molecule has 1 unspecified atom stereocenters. The maximum absolute atomic E-state index is 14.4. The lowest BCUT2D eigenvalue weighted by atomic mass is 10.0. The summed E-state index contributed by atoms with van der Waals surface area (Å²) in [6.07, 6.45) is 0. The van der Waals surface area contributed by atoms with Gasteiger partial charge < -0.3 is 4.55 Å². The van der Waals surface area contributed by atoms with E-state index >= 15 is 0 Å². The second-order valence-electron chi connectivity index (χ2n) is 7.26. The molecule has 3 nitrogen and oxygen atoms in total. The monoisotopic (exact) mass is 426 g/mol. The third-order valence-electron chi connectivity index (χ3n) is 3.78. The average Bonchev–Trinajstić information content (AvgIpc) is 2.50. The van der Waals surface area contributed by atoms with Crippen LogP contribution in [0.15, 0.2) is 40.9 Å². The summed E-state index contributed by atoms with van der Waals surface area (Å²) in [6.45, 7) is 9.54. The highest BCUT2D eigenvalue weighted by Crippen LogP contribution is 2.28. The maximum Gasteiger partial charge on any atom is 0.216 e. The minimum atomic E-state index is -1.32. The van der Waals surface area contributed by atoms with Gasteiger partial charge in [0.25, 0.3) is 0 Å². The van der Waals surface area contributed by atoms with E-state index in [1.54, 1.807) is 12.1 Å². The zero-order valence-corrected chi connectivity index (χ0v) is 17.5. The lowest BCUT2D eigenvalue weighted by Gasteiger charge is -2.28. The summed E-state index contributed by atoms with van der Waals surface area (Å²) in [6, 6.07) is 10.7. The average molecular weight is 427 g/mol. The Hall–Kier alpha value is -0.950. The van der Waals surface area contributed by atoms with Gasteiger partial charge in [-0.2, -0.15) is 4.39 Å². The van der Waals surface area contributed by atoms with Crippen LogP contribution in [0.2, 0.25) is 0 Å². The van der Waals surface area contributed by atoms with Crippen molar-refractivity contribution in [3.63, 3.8) is 0 Å². The minimum absolute atomic E-state index is 0.0579. The predicted octanol–water partition coefficient (Wildman–Crippen LogP) is 5.25. The predicted molar refractivity (Wildman–Crippen MR) is 105 cm³/mol. The van der Waals surface area contributed by atoms with Crippen LogP contribution in [0.5, 0.6) is 0 Å². The van der Waals surface area contributed by atoms with E-state index in [-0.39, 0.29) is 5.92 Å². The molecule has 0 fully saturated rings. The summed E-state index contributed by atoms with van der Waals surface area (Å²) in [4.78, 5) is 4.16. The largest absolute Gasteiger partial charge is 0.598 e. The normalized spacial score (nSPS) is 14.6. The summed E-state index contributed by atoms with van der Waals surface area (Å²) < 4.78 is 30.6. The molecule has 1 heterocycles. The van der Waals surface area contributed by atoms with E-state index in [1.165, 1.54) is 0 Å². The molecule has 0 aliphatic carbocycles. The molecule has 2 aromatic rings. The van der Waals surface area contributed by atoms with Crippen LogP contribution >= 0.6 is 15.9 Å². The summed E-state index contributed by atoms with van der Waals surface area (Å²) >= 11 is 2.13. The van der Waals surface area contributed by atoms with Gasteiger partial charge in [0, 0.05) is 21.4 Å². The van der Waals surface area contributed by atoms with E-state index in [1.807, 2.05) is 58.9 Å². The first-order chi connectivity index (χ1) is 11.6. The molecular formula is C19H24BrFN2OS. The molecule has 1 aromatic carbocycles. The first-order valence-corrected chi connectivity index (χ1v) is 10.1. The van der Waals surface area contributed by atoms with Gasteiger partial charge in [-0.25, -0.2) is 4.98 Å². The van der Waals surface area contributed by atoms with Gasteiger partial charge in [0.1, 0.15) is 10.8 Å². The van der Waals surface area contributed by atoms with Crippen LogP contribution in [0.3, 0.4) is 0 Å². The SMILES string of the molecule is CC(C)c1ccc([C@@H](N[S+]([O-])C(C)(C)C)c2cccc(Br)c2)nc1F. The molecule has 1 aromatic heterocycles. The molecule has 0 amide bonds. The molecule has 0 bridgehead atoms. The van der Waals surface area contributed by atoms with Crippen molar-refractivity contribution in [3.8, 4) is 0 Å². The number of hydrogen-bond donors (Lipinski definition) is 1. The third-order valence-corrected chi connectivity index (χ3v) is 5.84. The van der Waals surface area contributed by atoms with Crippen molar-refractivity contribution in [2.45, 2.75) is 51.3 Å². The van der Waals surface area contributed by atoms with Crippen molar-refractivity contribution in [2.75, 3.05) is 0 Å². The summed E-state index contributed by atoms with van der Waals surface area (Å²) in [5.41, 5.74) is 1.96. The maximum atomic E-state index is 14.4. The quantitative estimate of drug-likeness (QED) is 0.524. The Balaban J connectivity index is 2.46. The molecule has 2 rings (SSSR count). The zero-order chi connectivity index (χ0) is 18.8. The molecule has 2 atom stereocenters. The van der Waals surface area contributed by atoms with Gasteiger partial charge in [-0.15, -0.1) is 4.72 Å². The van der Waals surface area contributed by atoms with Gasteiger partial charge in [0.15, 0.2) is 0 Å². The zero-order valence-electron chi connectivity index (χ0n) is 15.1. The lowest BCUT2D eigenvalue weighted by molar-refractivity contribution is 0.523. The van der Waals surface area contributed by atoms with Crippen molar-refractivity contribution in [3.05, 3.63) is 63.6 Å². The van der Waals surface area contributed by atoms with Crippen LogP contribution in [0.4, 0.5) is 4.39 Å². The summed E-state index contributed by atoms with van der Waals surface area (Å²) in [7, 11) is 0. The topological polar surface area (TPSA) is 48.0 Å². The molecule has 25 heavy (non-hydrogen) atoms. The van der Waals surface area contributed by atoms with Crippen LogP contribution in [0, 0.1) is 5.95 Å². The number of hydrogen-bond acceptors (Lipinski definition) is 3. The fraction of sp³-hybridized carbons (Fsp3) is 0.421. The van der Waals surface area contributed by atoms with Crippen molar-refractivity contribution >= 4 is 27.3 Å². The van der Waals surface area contributed by atoms with Crippen molar-refractivity contribution in [1.82, 2.24) is 9.71 Å². The van der Waals surface area contributed by atoms with E-state index in [9.17, 15) is 8.94 Å². The molecule has 0 aliphatic rings. The molecule has 1 N–H and O–H groups in total. The van der Waals surface area contributed by atoms with Crippen LogP contribution in [-0.2, 0) is 11.4 Å². The third kappa shape index (κ3) is 5.26. The Morgan fingerprint density at radius 2 is 1.88 bits per heavy atom. The Labute approximate surface area is 160 Å². The lowest BCUT2D eigenvalue weighted by Crippen LogP contribution is -2.41. The molecule has 0 radical (unpaired) electrons. The Morgan fingerprint density at radius 3 is 2.40 bits per heavy atom. The van der Waals surface area contributed by atoms with Crippen LogP contribution < -0.4 is 4.72 Å². The second kappa shape index (κ2) is 8.16. The number of pyridine rings is 1. The molecule has 6 heteroatoms. The van der Waals surface area contributed by atoms with Gasteiger partial charge in [0.2, 0.25) is 5.95 Å².